The van der Waals surface area contributed by atoms with E-state index in [1.54, 1.807) is 0 Å². The number of hydrogen-bond donors (Lipinski definition) is 1. The molecule has 0 saturated carbocycles. The SMILES string of the molecule is CC(C)CN(C(=O)N1CCCC(CC(=O)O)C1)C(C)C. The van der Waals surface area contributed by atoms with Crippen LogP contribution in [0.15, 0.2) is 0 Å². The lowest BCUT2D eigenvalue weighted by molar-refractivity contribution is -0.138. The van der Waals surface area contributed by atoms with E-state index in [1.807, 2.05) is 23.6 Å². The Labute approximate surface area is 121 Å². The summed E-state index contributed by atoms with van der Waals surface area (Å²) in [5.74, 6) is -0.244. The van der Waals surface area contributed by atoms with Crippen LogP contribution < -0.4 is 0 Å². The van der Waals surface area contributed by atoms with Gasteiger partial charge in [-0.25, -0.2) is 4.79 Å². The lowest BCUT2D eigenvalue weighted by Crippen LogP contribution is -2.51. The van der Waals surface area contributed by atoms with Gasteiger partial charge in [-0.3, -0.25) is 4.79 Å². The summed E-state index contributed by atoms with van der Waals surface area (Å²) in [6, 6.07) is 0.230. The van der Waals surface area contributed by atoms with Crippen molar-refractivity contribution in [2.75, 3.05) is 19.6 Å². The maximum absolute atomic E-state index is 12.6. The van der Waals surface area contributed by atoms with Gasteiger partial charge in [0.2, 0.25) is 0 Å². The minimum absolute atomic E-state index is 0.0591. The van der Waals surface area contributed by atoms with Crippen LogP contribution in [0.1, 0.15) is 47.0 Å². The van der Waals surface area contributed by atoms with E-state index in [4.69, 9.17) is 5.11 Å². The molecule has 2 amide bonds. The van der Waals surface area contributed by atoms with E-state index in [-0.39, 0.29) is 24.4 Å². The number of carboxylic acid groups (broad SMARTS) is 1. The Morgan fingerprint density at radius 3 is 2.45 bits per heavy atom. The Kier molecular flexibility index (Phi) is 6.30. The Hall–Kier alpha value is -1.26. The molecule has 1 atom stereocenters. The molecule has 1 N–H and O–H groups in total. The average Bonchev–Trinajstić information content (AvgIpc) is 2.34. The number of likely N-dealkylation sites (tertiary alicyclic amines) is 1. The molecule has 1 aliphatic rings. The molecular formula is C15H28N2O3. The molecule has 1 saturated heterocycles. The second-order valence-electron chi connectivity index (χ2n) is 6.47. The molecular weight excluding hydrogens is 256 g/mol. The number of carbonyl (C=O) groups excluding carboxylic acids is 1. The summed E-state index contributed by atoms with van der Waals surface area (Å²) < 4.78 is 0. The quantitative estimate of drug-likeness (QED) is 0.844. The van der Waals surface area contributed by atoms with Crippen molar-refractivity contribution in [1.29, 1.82) is 0 Å². The molecule has 0 aromatic carbocycles. The van der Waals surface area contributed by atoms with Crippen molar-refractivity contribution in [3.63, 3.8) is 0 Å². The Morgan fingerprint density at radius 2 is 1.95 bits per heavy atom. The van der Waals surface area contributed by atoms with Gasteiger partial charge >= 0.3 is 12.0 Å². The summed E-state index contributed by atoms with van der Waals surface area (Å²) in [6.07, 6.45) is 1.97. The maximum Gasteiger partial charge on any atom is 0.320 e. The second kappa shape index (κ2) is 7.50. The molecule has 116 valence electrons. The fraction of sp³-hybridized carbons (Fsp3) is 0.867. The van der Waals surface area contributed by atoms with Crippen LogP contribution in [-0.4, -0.2) is 52.6 Å². The monoisotopic (exact) mass is 284 g/mol. The first kappa shape index (κ1) is 16.8. The molecule has 1 heterocycles. The third kappa shape index (κ3) is 5.02. The van der Waals surface area contributed by atoms with Gasteiger partial charge in [0.05, 0.1) is 0 Å². The first-order valence-electron chi connectivity index (χ1n) is 7.58. The van der Waals surface area contributed by atoms with Crippen LogP contribution in [0.3, 0.4) is 0 Å². The molecule has 0 aliphatic carbocycles. The van der Waals surface area contributed by atoms with Crippen LogP contribution in [-0.2, 0) is 4.79 Å². The fourth-order valence-electron chi connectivity index (χ4n) is 2.74. The molecule has 1 aliphatic heterocycles. The zero-order chi connectivity index (χ0) is 15.3. The number of aliphatic carboxylic acids is 1. The van der Waals surface area contributed by atoms with Crippen molar-refractivity contribution in [1.82, 2.24) is 9.80 Å². The lowest BCUT2D eigenvalue weighted by atomic mass is 9.95. The van der Waals surface area contributed by atoms with E-state index < -0.39 is 5.97 Å². The summed E-state index contributed by atoms with van der Waals surface area (Å²) in [5.41, 5.74) is 0. The number of piperidine rings is 1. The van der Waals surface area contributed by atoms with E-state index in [2.05, 4.69) is 13.8 Å². The molecule has 0 bridgehead atoms. The number of carbonyl (C=O) groups is 2. The van der Waals surface area contributed by atoms with E-state index in [1.165, 1.54) is 0 Å². The van der Waals surface area contributed by atoms with Crippen LogP contribution in [0.4, 0.5) is 4.79 Å². The van der Waals surface area contributed by atoms with Crippen LogP contribution >= 0.6 is 0 Å². The highest BCUT2D eigenvalue weighted by molar-refractivity contribution is 5.75. The highest BCUT2D eigenvalue weighted by Gasteiger charge is 2.29. The molecule has 0 aromatic rings. The largest absolute Gasteiger partial charge is 0.481 e. The first-order valence-corrected chi connectivity index (χ1v) is 7.58. The van der Waals surface area contributed by atoms with Crippen LogP contribution in [0.5, 0.6) is 0 Å². The number of nitrogens with zero attached hydrogens (tertiary/aromatic N) is 2. The maximum atomic E-state index is 12.6. The zero-order valence-electron chi connectivity index (χ0n) is 13.1. The number of carboxylic acids is 1. The zero-order valence-corrected chi connectivity index (χ0v) is 13.1. The van der Waals surface area contributed by atoms with Crippen molar-refractivity contribution >= 4 is 12.0 Å². The van der Waals surface area contributed by atoms with E-state index in [0.717, 1.165) is 25.9 Å². The van der Waals surface area contributed by atoms with Gasteiger partial charge in [0.15, 0.2) is 0 Å². The van der Waals surface area contributed by atoms with E-state index >= 15 is 0 Å². The highest BCUT2D eigenvalue weighted by Crippen LogP contribution is 2.21. The van der Waals surface area contributed by atoms with Crippen molar-refractivity contribution in [2.24, 2.45) is 11.8 Å². The van der Waals surface area contributed by atoms with Crippen LogP contribution in [0, 0.1) is 11.8 Å². The van der Waals surface area contributed by atoms with E-state index in [9.17, 15) is 9.59 Å². The molecule has 1 unspecified atom stereocenters. The molecule has 5 nitrogen and oxygen atoms in total. The molecule has 20 heavy (non-hydrogen) atoms. The number of rotatable bonds is 5. The van der Waals surface area contributed by atoms with Gasteiger partial charge in [0.1, 0.15) is 0 Å². The molecule has 0 aromatic heterocycles. The topological polar surface area (TPSA) is 60.9 Å². The molecule has 5 heteroatoms. The lowest BCUT2D eigenvalue weighted by Gasteiger charge is -2.38. The fourth-order valence-corrected chi connectivity index (χ4v) is 2.74. The summed E-state index contributed by atoms with van der Waals surface area (Å²) in [4.78, 5) is 27.2. The minimum Gasteiger partial charge on any atom is -0.481 e. The Balaban J connectivity index is 2.66. The van der Waals surface area contributed by atoms with Crippen molar-refractivity contribution < 1.29 is 14.7 Å². The summed E-state index contributed by atoms with van der Waals surface area (Å²) >= 11 is 0. The van der Waals surface area contributed by atoms with E-state index in [0.29, 0.717) is 12.5 Å². The van der Waals surface area contributed by atoms with Crippen molar-refractivity contribution in [3.05, 3.63) is 0 Å². The molecule has 0 spiro atoms. The second-order valence-corrected chi connectivity index (χ2v) is 6.47. The van der Waals surface area contributed by atoms with Gasteiger partial charge in [-0.1, -0.05) is 13.8 Å². The van der Waals surface area contributed by atoms with Crippen molar-refractivity contribution in [3.8, 4) is 0 Å². The smallest absolute Gasteiger partial charge is 0.320 e. The predicted molar refractivity (Wildman–Crippen MR) is 78.6 cm³/mol. The third-order valence-electron chi connectivity index (χ3n) is 3.68. The summed E-state index contributed by atoms with van der Waals surface area (Å²) in [6.45, 7) is 10.3. The standard InChI is InChI=1S/C15H28N2O3/c1-11(2)9-17(12(3)4)15(20)16-7-5-6-13(10-16)8-14(18)19/h11-13H,5-10H2,1-4H3,(H,18,19). The summed E-state index contributed by atoms with van der Waals surface area (Å²) in [5, 5.41) is 8.89. The molecule has 1 rings (SSSR count). The Morgan fingerprint density at radius 1 is 1.30 bits per heavy atom. The van der Waals surface area contributed by atoms with Crippen molar-refractivity contribution in [2.45, 2.75) is 53.0 Å². The number of urea groups is 1. The minimum atomic E-state index is -0.771. The Bertz CT molecular complexity index is 342. The van der Waals surface area contributed by atoms with Gasteiger partial charge in [-0.15, -0.1) is 0 Å². The van der Waals surface area contributed by atoms with Gasteiger partial charge in [0.25, 0.3) is 0 Å². The highest BCUT2D eigenvalue weighted by atomic mass is 16.4. The van der Waals surface area contributed by atoms with Crippen LogP contribution in [0.2, 0.25) is 0 Å². The van der Waals surface area contributed by atoms with Crippen LogP contribution in [0.25, 0.3) is 0 Å². The molecule has 0 radical (unpaired) electrons. The predicted octanol–water partition coefficient (Wildman–Crippen LogP) is 2.66. The van der Waals surface area contributed by atoms with Gasteiger partial charge < -0.3 is 14.9 Å². The summed E-state index contributed by atoms with van der Waals surface area (Å²) in [7, 11) is 0. The number of hydrogen-bond acceptors (Lipinski definition) is 2. The number of amides is 2. The molecule has 1 fully saturated rings. The first-order chi connectivity index (χ1) is 9.31. The average molecular weight is 284 g/mol. The van der Waals surface area contributed by atoms with Gasteiger partial charge in [-0.2, -0.15) is 0 Å². The third-order valence-corrected chi connectivity index (χ3v) is 3.68. The normalized spacial score (nSPS) is 19.5. The van der Waals surface area contributed by atoms with Gasteiger partial charge in [-0.05, 0) is 38.5 Å². The van der Waals surface area contributed by atoms with Gasteiger partial charge in [0, 0.05) is 32.1 Å².